The Morgan fingerprint density at radius 3 is 0.946 bits per heavy atom. The first-order valence-electron chi connectivity index (χ1n) is 16.5. The number of hydrogen-bond donors (Lipinski definition) is 0. The van der Waals surface area contributed by atoms with Crippen molar-refractivity contribution in [1.29, 1.82) is 0 Å². The van der Waals surface area contributed by atoms with E-state index in [0.29, 0.717) is 6.61 Å². The van der Waals surface area contributed by atoms with Gasteiger partial charge in [0, 0.05) is 0 Å². The van der Waals surface area contributed by atoms with Gasteiger partial charge in [0.2, 0.25) is 0 Å². The van der Waals surface area contributed by atoms with Crippen LogP contribution >= 0.6 is 0 Å². The molecule has 0 unspecified atom stereocenters. The predicted octanol–water partition coefficient (Wildman–Crippen LogP) is 11.1. The Morgan fingerprint density at radius 2 is 0.649 bits per heavy atom. The van der Waals surface area contributed by atoms with Crippen molar-refractivity contribution in [2.75, 3.05) is 12.4 Å². The Hall–Kier alpha value is 0.676. The molecule has 3 nitrogen and oxygen atoms in total. The Bertz CT molecular complexity index is 522. The first-order valence-corrected chi connectivity index (χ1v) is 18.1. The zero-order chi connectivity index (χ0) is 26.4. The summed E-state index contributed by atoms with van der Waals surface area (Å²) in [4.78, 5) is 0. The molecule has 0 fully saturated rings. The maximum atomic E-state index is 12.1. The maximum absolute atomic E-state index is 12.1. The predicted molar refractivity (Wildman–Crippen MR) is 168 cm³/mol. The van der Waals surface area contributed by atoms with Crippen molar-refractivity contribution in [3.8, 4) is 0 Å². The first-order chi connectivity index (χ1) is 17.6. The second-order valence-corrected chi connectivity index (χ2v) is 13.0. The van der Waals surface area contributed by atoms with Crippen LogP contribution in [-0.4, -0.2) is 43.8 Å². The number of rotatable bonds is 31. The summed E-state index contributed by atoms with van der Waals surface area (Å²) >= 11 is 0. The average molecular weight is 557 g/mol. The summed E-state index contributed by atoms with van der Waals surface area (Å²) in [5.74, 6) is 0.198. The van der Waals surface area contributed by atoms with Gasteiger partial charge in [0.05, 0.1) is 12.4 Å². The van der Waals surface area contributed by atoms with Crippen molar-refractivity contribution in [3.05, 3.63) is 0 Å². The zero-order valence-corrected chi connectivity index (χ0v) is 27.8. The van der Waals surface area contributed by atoms with E-state index in [1.807, 2.05) is 0 Å². The third kappa shape index (κ3) is 34.6. The fourth-order valence-corrected chi connectivity index (χ4v) is 6.06. The summed E-state index contributed by atoms with van der Waals surface area (Å²) in [6.45, 7) is 4.92. The third-order valence-corrected chi connectivity index (χ3v) is 8.82. The van der Waals surface area contributed by atoms with E-state index >= 15 is 0 Å². The van der Waals surface area contributed by atoms with E-state index in [-0.39, 0.29) is 31.7 Å². The van der Waals surface area contributed by atoms with Gasteiger partial charge in [0.1, 0.15) is 0 Å². The van der Waals surface area contributed by atoms with Crippen LogP contribution in [0.1, 0.15) is 196 Å². The fourth-order valence-electron chi connectivity index (χ4n) is 5.01. The summed E-state index contributed by atoms with van der Waals surface area (Å²) < 4.78 is 29.3. The molecule has 0 saturated carbocycles. The van der Waals surface area contributed by atoms with Gasteiger partial charge < -0.3 is 2.85 Å². The summed E-state index contributed by atoms with van der Waals surface area (Å²) in [5, 5.41) is 0. The average Bonchev–Trinajstić information content (AvgIpc) is 2.86. The van der Waals surface area contributed by atoms with E-state index in [9.17, 15) is 8.42 Å². The molecule has 0 atom stereocenters. The maximum Gasteiger partial charge on any atom is 2.00 e. The van der Waals surface area contributed by atoms with Gasteiger partial charge in [-0.3, -0.25) is 4.18 Å². The summed E-state index contributed by atoms with van der Waals surface area (Å²) in [6.07, 6.45) is 36.3. The molecule has 0 amide bonds. The smallest absolute Gasteiger partial charge is 1.00 e. The van der Waals surface area contributed by atoms with Crippen molar-refractivity contribution in [3.63, 3.8) is 0 Å². The number of hydrogen-bond acceptors (Lipinski definition) is 3. The molecule has 0 aromatic carbocycles. The Morgan fingerprint density at radius 1 is 0.405 bits per heavy atom. The van der Waals surface area contributed by atoms with Crippen molar-refractivity contribution < 1.29 is 15.5 Å². The van der Waals surface area contributed by atoms with Gasteiger partial charge in [0.25, 0.3) is 10.1 Å². The van der Waals surface area contributed by atoms with Gasteiger partial charge in [0.15, 0.2) is 0 Å². The van der Waals surface area contributed by atoms with Crippen LogP contribution in [0.25, 0.3) is 0 Å². The zero-order valence-electron chi connectivity index (χ0n) is 27.6. The molecule has 0 aliphatic carbocycles. The van der Waals surface area contributed by atoms with Gasteiger partial charge >= 0.3 is 23.1 Å². The molecule has 0 N–H and O–H groups in total. The minimum atomic E-state index is -3.32. The molecule has 222 valence electrons. The van der Waals surface area contributed by atoms with Crippen molar-refractivity contribution >= 4 is 33.2 Å². The largest absolute Gasteiger partial charge is 2.00 e. The van der Waals surface area contributed by atoms with Crippen LogP contribution in [0.5, 0.6) is 0 Å². The van der Waals surface area contributed by atoms with Crippen LogP contribution in [0.2, 0.25) is 0 Å². The topological polar surface area (TPSA) is 43.4 Å². The second-order valence-electron chi connectivity index (χ2n) is 11.3. The van der Waals surface area contributed by atoms with Gasteiger partial charge in [-0.25, -0.2) is 0 Å². The summed E-state index contributed by atoms with van der Waals surface area (Å²) in [5.41, 5.74) is 0. The molecule has 0 aromatic rings. The van der Waals surface area contributed by atoms with E-state index in [1.54, 1.807) is 0 Å². The normalized spacial score (nSPS) is 11.6. The third-order valence-electron chi connectivity index (χ3n) is 7.51. The SMILES string of the molecule is CCCCCCCCCCCCCCCCOS(=O)(=O)CCCCCCCCCCCCCCCC.[H-].[H-].[Mg+2]. The first kappa shape index (κ1) is 39.8. The van der Waals surface area contributed by atoms with E-state index in [2.05, 4.69) is 13.8 Å². The molecule has 0 aliphatic rings. The Balaban J connectivity index is -0.00000204. The second kappa shape index (κ2) is 32.9. The summed E-state index contributed by atoms with van der Waals surface area (Å²) in [7, 11) is -3.32. The van der Waals surface area contributed by atoms with Crippen LogP contribution in [0.3, 0.4) is 0 Å². The molecule has 0 heterocycles. The fraction of sp³-hybridized carbons (Fsp3) is 1.00. The van der Waals surface area contributed by atoms with Gasteiger partial charge in [-0.1, -0.05) is 181 Å². The Kier molecular flexibility index (Phi) is 35.4. The van der Waals surface area contributed by atoms with Gasteiger partial charge in [-0.2, -0.15) is 8.42 Å². The molecule has 37 heavy (non-hydrogen) atoms. The molecule has 0 saturated heterocycles. The van der Waals surface area contributed by atoms with E-state index in [4.69, 9.17) is 4.18 Å². The monoisotopic (exact) mass is 556 g/mol. The van der Waals surface area contributed by atoms with Crippen molar-refractivity contribution in [1.82, 2.24) is 0 Å². The van der Waals surface area contributed by atoms with Crippen LogP contribution < -0.4 is 0 Å². The van der Waals surface area contributed by atoms with Gasteiger partial charge in [-0.15, -0.1) is 0 Å². The minimum absolute atomic E-state index is 0. The molecule has 0 bridgehead atoms. The molecule has 0 spiro atoms. The van der Waals surface area contributed by atoms with E-state index < -0.39 is 10.1 Å². The standard InChI is InChI=1S/C32H66O3S.Mg.2H/c1-3-5-7-9-11-13-15-17-19-21-23-25-27-29-31-35-36(33,34)32-30-28-26-24-22-20-18-16-14-12-10-8-6-4-2;;;/h3-32H2,1-2H3;;;/q;+2;2*-1. The number of unbranched alkanes of at least 4 members (excludes halogenated alkanes) is 26. The molecule has 0 aromatic heterocycles. The van der Waals surface area contributed by atoms with Crippen LogP contribution in [0, 0.1) is 0 Å². The molecular weight excluding hydrogens is 489 g/mol. The van der Waals surface area contributed by atoms with Crippen LogP contribution in [0.4, 0.5) is 0 Å². The molecule has 0 radical (unpaired) electrons. The quantitative estimate of drug-likeness (QED) is 0.0484. The summed E-state index contributed by atoms with van der Waals surface area (Å²) in [6, 6.07) is 0. The minimum Gasteiger partial charge on any atom is -1.00 e. The molecule has 0 aliphatic heterocycles. The molecule has 0 rings (SSSR count). The molecule has 5 heteroatoms. The van der Waals surface area contributed by atoms with E-state index in [0.717, 1.165) is 32.1 Å². The van der Waals surface area contributed by atoms with Crippen molar-refractivity contribution in [2.24, 2.45) is 0 Å². The van der Waals surface area contributed by atoms with Crippen LogP contribution in [0.15, 0.2) is 0 Å². The van der Waals surface area contributed by atoms with Gasteiger partial charge in [-0.05, 0) is 12.8 Å². The van der Waals surface area contributed by atoms with Crippen LogP contribution in [-0.2, 0) is 14.3 Å². The molecular formula is C32H68MgO3S. The van der Waals surface area contributed by atoms with Crippen molar-refractivity contribution in [2.45, 2.75) is 194 Å². The Labute approximate surface area is 253 Å². The van der Waals surface area contributed by atoms with E-state index in [1.165, 1.54) is 148 Å².